The standard InChI is InChI=1S/C16H25BrN4O2Si.C16H18N6O/c1-11(2)19-16(22)12-9-21(10-23-6-7-24(3,4)5)15-14(12)20-13(17)8-18-15;1-9(2)20-16(23)11-7-18-15-14(11)22-13(8-19-15)21-12-5-4-10(3)6-17-12/h8-9,11H,6-7,10H2,1-5H3,(H,19,22);4-9H,1-3H3,(H,18,19)(H,20,23)(H,17,21,22). The van der Waals surface area contributed by atoms with Gasteiger partial charge in [0.2, 0.25) is 0 Å². The molecule has 0 aliphatic rings. The topological polar surface area (TPSA) is 165 Å². The maximum absolute atomic E-state index is 12.4. The molecule has 15 heteroatoms. The van der Waals surface area contributed by atoms with Crippen LogP contribution in [0.1, 0.15) is 54.0 Å². The zero-order valence-electron chi connectivity index (χ0n) is 28.1. The van der Waals surface area contributed by atoms with Crippen LogP contribution in [0.2, 0.25) is 25.7 Å². The summed E-state index contributed by atoms with van der Waals surface area (Å²) in [6, 6.07) is 5.04. The number of carbonyl (C=O) groups excluding carboxylic acids is 2. The number of nitrogens with zero attached hydrogens (tertiary/aromatic N) is 6. The number of rotatable bonds is 11. The number of ether oxygens (including phenoxy) is 1. The van der Waals surface area contributed by atoms with Crippen molar-refractivity contribution < 1.29 is 14.3 Å². The van der Waals surface area contributed by atoms with Gasteiger partial charge in [-0.25, -0.2) is 24.9 Å². The lowest BCUT2D eigenvalue weighted by atomic mass is 10.2. The number of halogens is 1. The number of aromatic amines is 1. The molecule has 0 radical (unpaired) electrons. The Morgan fingerprint density at radius 1 is 0.915 bits per heavy atom. The minimum Gasteiger partial charge on any atom is -0.361 e. The Hall–Kier alpha value is -4.21. The number of hydrogen-bond acceptors (Lipinski definition) is 9. The molecule has 13 nitrogen and oxygen atoms in total. The van der Waals surface area contributed by atoms with Crippen LogP contribution in [-0.2, 0) is 11.5 Å². The summed E-state index contributed by atoms with van der Waals surface area (Å²) in [6.45, 7) is 17.7. The molecule has 0 saturated heterocycles. The summed E-state index contributed by atoms with van der Waals surface area (Å²) in [6.07, 6.45) is 8.39. The number of hydrogen-bond donors (Lipinski definition) is 4. The first-order valence-corrected chi connectivity index (χ1v) is 19.9. The van der Waals surface area contributed by atoms with Crippen molar-refractivity contribution in [1.82, 2.24) is 45.1 Å². The highest BCUT2D eigenvalue weighted by atomic mass is 79.9. The molecule has 0 spiro atoms. The van der Waals surface area contributed by atoms with E-state index < -0.39 is 8.07 Å². The molecule has 5 aromatic heterocycles. The molecule has 5 heterocycles. The summed E-state index contributed by atoms with van der Waals surface area (Å²) in [5.41, 5.74) is 4.40. The third-order valence-electron chi connectivity index (χ3n) is 6.64. The molecule has 0 aromatic carbocycles. The Kier molecular flexibility index (Phi) is 11.8. The Bertz CT molecular complexity index is 1830. The van der Waals surface area contributed by atoms with Crippen LogP contribution in [0, 0.1) is 6.92 Å². The zero-order chi connectivity index (χ0) is 34.3. The van der Waals surface area contributed by atoms with Gasteiger partial charge in [-0.15, -0.1) is 0 Å². The van der Waals surface area contributed by atoms with E-state index in [1.165, 1.54) is 0 Å². The van der Waals surface area contributed by atoms with Crippen LogP contribution in [0.5, 0.6) is 0 Å². The fourth-order valence-electron chi connectivity index (χ4n) is 4.31. The number of aryl methyl sites for hydroxylation is 1. The van der Waals surface area contributed by atoms with E-state index in [1.807, 2.05) is 51.3 Å². The van der Waals surface area contributed by atoms with Gasteiger partial charge in [0.1, 0.15) is 28.2 Å². The van der Waals surface area contributed by atoms with Crippen LogP contribution >= 0.6 is 15.9 Å². The van der Waals surface area contributed by atoms with Gasteiger partial charge in [0, 0.05) is 45.4 Å². The summed E-state index contributed by atoms with van der Waals surface area (Å²) in [4.78, 5) is 49.4. The lowest BCUT2D eigenvalue weighted by molar-refractivity contribution is 0.0890. The molecule has 47 heavy (non-hydrogen) atoms. The first-order chi connectivity index (χ1) is 22.2. The molecule has 2 amide bonds. The third kappa shape index (κ3) is 10.1. The molecule has 5 aromatic rings. The first-order valence-electron chi connectivity index (χ1n) is 15.4. The van der Waals surface area contributed by atoms with Crippen molar-refractivity contribution in [1.29, 1.82) is 0 Å². The molecule has 0 saturated carbocycles. The number of pyridine rings is 1. The van der Waals surface area contributed by atoms with Crippen LogP contribution < -0.4 is 16.0 Å². The number of fused-ring (bicyclic) bond motifs is 2. The van der Waals surface area contributed by atoms with Crippen molar-refractivity contribution in [3.8, 4) is 0 Å². The molecule has 0 aliphatic carbocycles. The molecule has 4 N–H and O–H groups in total. The molecule has 250 valence electrons. The highest BCUT2D eigenvalue weighted by Gasteiger charge is 2.19. The Balaban J connectivity index is 0.000000213. The molecular weight excluding hydrogens is 680 g/mol. The van der Waals surface area contributed by atoms with Gasteiger partial charge in [-0.1, -0.05) is 25.7 Å². The smallest absolute Gasteiger partial charge is 0.255 e. The summed E-state index contributed by atoms with van der Waals surface area (Å²) >= 11 is 3.32. The van der Waals surface area contributed by atoms with E-state index in [2.05, 4.69) is 81.4 Å². The van der Waals surface area contributed by atoms with Crippen LogP contribution in [0.4, 0.5) is 11.6 Å². The lowest BCUT2D eigenvalue weighted by Crippen LogP contribution is -2.30. The average molecular weight is 724 g/mol. The van der Waals surface area contributed by atoms with Gasteiger partial charge in [0.05, 0.1) is 23.5 Å². The number of carbonyl (C=O) groups is 2. The van der Waals surface area contributed by atoms with E-state index in [0.29, 0.717) is 63.0 Å². The fourth-order valence-corrected chi connectivity index (χ4v) is 5.35. The van der Waals surface area contributed by atoms with Crippen LogP contribution in [0.15, 0.2) is 47.7 Å². The minimum atomic E-state index is -1.12. The van der Waals surface area contributed by atoms with Crippen molar-refractivity contribution >= 4 is 69.8 Å². The van der Waals surface area contributed by atoms with Crippen molar-refractivity contribution in [2.45, 2.75) is 79.1 Å². The minimum absolute atomic E-state index is 0.0541. The van der Waals surface area contributed by atoms with Crippen molar-refractivity contribution in [2.24, 2.45) is 0 Å². The van der Waals surface area contributed by atoms with E-state index in [1.54, 1.807) is 31.0 Å². The van der Waals surface area contributed by atoms with Gasteiger partial charge in [-0.3, -0.25) is 9.59 Å². The second-order valence-corrected chi connectivity index (χ2v) is 19.4. The zero-order valence-corrected chi connectivity index (χ0v) is 30.7. The second-order valence-electron chi connectivity index (χ2n) is 13.0. The average Bonchev–Trinajstić information content (AvgIpc) is 3.57. The molecule has 0 atom stereocenters. The predicted molar refractivity (Wildman–Crippen MR) is 191 cm³/mol. The molecule has 0 bridgehead atoms. The van der Waals surface area contributed by atoms with Gasteiger partial charge >= 0.3 is 0 Å². The van der Waals surface area contributed by atoms with Gasteiger partial charge in [0.25, 0.3) is 11.8 Å². The summed E-state index contributed by atoms with van der Waals surface area (Å²) in [5, 5.41) is 8.84. The van der Waals surface area contributed by atoms with Crippen LogP contribution in [-0.4, -0.2) is 73.0 Å². The van der Waals surface area contributed by atoms with Crippen molar-refractivity contribution in [3.05, 3.63) is 64.4 Å². The number of anilines is 2. The Morgan fingerprint density at radius 3 is 2.26 bits per heavy atom. The van der Waals surface area contributed by atoms with Crippen molar-refractivity contribution in [3.63, 3.8) is 0 Å². The Morgan fingerprint density at radius 2 is 1.62 bits per heavy atom. The summed E-state index contributed by atoms with van der Waals surface area (Å²) < 4.78 is 8.24. The monoisotopic (exact) mass is 722 g/mol. The van der Waals surface area contributed by atoms with Crippen LogP contribution in [0.3, 0.4) is 0 Å². The maximum atomic E-state index is 12.4. The molecular formula is C32H43BrN10O3Si. The fraction of sp³-hybridized carbons (Fsp3) is 0.406. The van der Waals surface area contributed by atoms with Crippen molar-refractivity contribution in [2.75, 3.05) is 11.9 Å². The third-order valence-corrected chi connectivity index (χ3v) is 8.73. The predicted octanol–water partition coefficient (Wildman–Crippen LogP) is 6.19. The maximum Gasteiger partial charge on any atom is 0.255 e. The number of H-pyrrole nitrogens is 1. The van der Waals surface area contributed by atoms with Gasteiger partial charge in [-0.05, 0) is 68.2 Å². The van der Waals surface area contributed by atoms with Gasteiger partial charge in [-0.2, -0.15) is 0 Å². The van der Waals surface area contributed by atoms with Gasteiger partial charge in [0.15, 0.2) is 17.1 Å². The van der Waals surface area contributed by atoms with E-state index in [-0.39, 0.29) is 23.9 Å². The molecule has 0 aliphatic heterocycles. The number of nitrogens with one attached hydrogen (secondary N) is 4. The number of amides is 2. The van der Waals surface area contributed by atoms with E-state index in [4.69, 9.17) is 4.74 Å². The molecule has 5 rings (SSSR count). The second kappa shape index (κ2) is 15.6. The summed E-state index contributed by atoms with van der Waals surface area (Å²) in [7, 11) is -1.12. The van der Waals surface area contributed by atoms with E-state index in [0.717, 1.165) is 11.6 Å². The summed E-state index contributed by atoms with van der Waals surface area (Å²) in [5.74, 6) is 0.884. The largest absolute Gasteiger partial charge is 0.361 e. The number of aromatic nitrogens is 7. The SMILES string of the molecule is CC(C)NC(=O)c1cn(COCC[Si](C)(C)C)c2ncc(Br)nc12.Cc1ccc(Nc2cnc3[nH]cc(C(=O)NC(C)C)c3n2)nc1. The quantitative estimate of drug-likeness (QED) is 0.0919. The lowest BCUT2D eigenvalue weighted by Gasteiger charge is -2.15. The molecule has 0 fully saturated rings. The normalized spacial score (nSPS) is 11.6. The highest BCUT2D eigenvalue weighted by Crippen LogP contribution is 2.21. The highest BCUT2D eigenvalue weighted by molar-refractivity contribution is 9.10. The van der Waals surface area contributed by atoms with Gasteiger partial charge < -0.3 is 30.2 Å². The van der Waals surface area contributed by atoms with Crippen LogP contribution in [0.25, 0.3) is 22.3 Å². The molecule has 0 unspecified atom stereocenters. The van der Waals surface area contributed by atoms with E-state index in [9.17, 15) is 9.59 Å². The first kappa shape index (κ1) is 35.6. The Labute approximate surface area is 283 Å². The van der Waals surface area contributed by atoms with E-state index >= 15 is 0 Å².